The zero-order valence-electron chi connectivity index (χ0n) is 6.70. The van der Waals surface area contributed by atoms with Gasteiger partial charge in [0.25, 0.3) is 0 Å². The van der Waals surface area contributed by atoms with Crippen LogP contribution in [0.5, 0.6) is 0 Å². The van der Waals surface area contributed by atoms with Crippen molar-refractivity contribution in [3.05, 3.63) is 33.8 Å². The molecule has 0 saturated carbocycles. The van der Waals surface area contributed by atoms with Crippen LogP contribution in [-0.2, 0) is 4.79 Å². The second-order valence-electron chi connectivity index (χ2n) is 2.77. The molecule has 0 aliphatic carbocycles. The smallest absolute Gasteiger partial charge is 0.148 e. The second kappa shape index (κ2) is 3.30. The van der Waals surface area contributed by atoms with Crippen molar-refractivity contribution in [2.45, 2.75) is 6.04 Å². The SMILES string of the molecule is O=CC1NN=Cc2ccc(Br)cc21. The molecule has 0 aromatic heterocycles. The van der Waals surface area contributed by atoms with E-state index in [4.69, 9.17) is 0 Å². The van der Waals surface area contributed by atoms with E-state index < -0.39 is 0 Å². The lowest BCUT2D eigenvalue weighted by atomic mass is 10.0. The Labute approximate surface area is 84.0 Å². The number of carbonyl (C=O) groups excluding carboxylic acids is 1. The van der Waals surface area contributed by atoms with E-state index in [1.807, 2.05) is 18.2 Å². The van der Waals surface area contributed by atoms with Crippen molar-refractivity contribution >= 4 is 28.4 Å². The van der Waals surface area contributed by atoms with Gasteiger partial charge in [-0.2, -0.15) is 5.10 Å². The number of fused-ring (bicyclic) bond motifs is 1. The zero-order chi connectivity index (χ0) is 9.26. The third kappa shape index (κ3) is 1.49. The molecule has 0 amide bonds. The van der Waals surface area contributed by atoms with E-state index >= 15 is 0 Å². The van der Waals surface area contributed by atoms with Gasteiger partial charge in [0.1, 0.15) is 12.3 Å². The first-order valence-electron chi connectivity index (χ1n) is 3.84. The lowest BCUT2D eigenvalue weighted by Gasteiger charge is -2.17. The highest BCUT2D eigenvalue weighted by Gasteiger charge is 2.16. The van der Waals surface area contributed by atoms with E-state index in [1.54, 1.807) is 6.21 Å². The normalized spacial score (nSPS) is 19.0. The predicted molar refractivity (Wildman–Crippen MR) is 53.7 cm³/mol. The van der Waals surface area contributed by atoms with Gasteiger partial charge in [0.2, 0.25) is 0 Å². The van der Waals surface area contributed by atoms with Gasteiger partial charge in [-0.25, -0.2) is 0 Å². The van der Waals surface area contributed by atoms with Gasteiger partial charge in [-0.05, 0) is 17.7 Å². The minimum Gasteiger partial charge on any atom is -0.301 e. The van der Waals surface area contributed by atoms with E-state index in [0.29, 0.717) is 0 Å². The summed E-state index contributed by atoms with van der Waals surface area (Å²) in [6.07, 6.45) is 2.56. The average molecular weight is 239 g/mol. The fourth-order valence-electron chi connectivity index (χ4n) is 1.29. The van der Waals surface area contributed by atoms with Crippen LogP contribution in [0.25, 0.3) is 0 Å². The van der Waals surface area contributed by atoms with Gasteiger partial charge in [0.05, 0.1) is 6.21 Å². The molecule has 1 atom stereocenters. The van der Waals surface area contributed by atoms with Crippen molar-refractivity contribution in [1.29, 1.82) is 0 Å². The molecule has 1 N–H and O–H groups in total. The van der Waals surface area contributed by atoms with E-state index in [1.165, 1.54) is 0 Å². The molecule has 0 spiro atoms. The summed E-state index contributed by atoms with van der Waals surface area (Å²) in [6.45, 7) is 0. The number of nitrogens with zero attached hydrogens (tertiary/aromatic N) is 1. The minimum absolute atomic E-state index is 0.322. The van der Waals surface area contributed by atoms with Crippen LogP contribution in [0.2, 0.25) is 0 Å². The molecule has 1 aliphatic heterocycles. The molecule has 0 saturated heterocycles. The molecule has 13 heavy (non-hydrogen) atoms. The van der Waals surface area contributed by atoms with Gasteiger partial charge in [0.15, 0.2) is 0 Å². The first-order valence-corrected chi connectivity index (χ1v) is 4.64. The number of hydrazone groups is 1. The largest absolute Gasteiger partial charge is 0.301 e. The molecule has 0 fully saturated rings. The number of nitrogens with one attached hydrogen (secondary N) is 1. The van der Waals surface area contributed by atoms with Crippen molar-refractivity contribution in [3.63, 3.8) is 0 Å². The molecule has 0 radical (unpaired) electrons. The van der Waals surface area contributed by atoms with Crippen molar-refractivity contribution in [3.8, 4) is 0 Å². The molecular formula is C9H7BrN2O. The average Bonchev–Trinajstić information content (AvgIpc) is 2.17. The maximum atomic E-state index is 10.7. The molecular weight excluding hydrogens is 232 g/mol. The number of benzene rings is 1. The van der Waals surface area contributed by atoms with Crippen LogP contribution in [0, 0.1) is 0 Å². The fraction of sp³-hybridized carbons (Fsp3) is 0.111. The van der Waals surface area contributed by atoms with Gasteiger partial charge in [0, 0.05) is 10.0 Å². The van der Waals surface area contributed by atoms with Gasteiger partial charge >= 0.3 is 0 Å². The minimum atomic E-state index is -0.322. The number of aldehydes is 1. The lowest BCUT2D eigenvalue weighted by molar-refractivity contribution is -0.109. The summed E-state index contributed by atoms with van der Waals surface area (Å²) >= 11 is 3.36. The number of halogens is 1. The Morgan fingerprint density at radius 3 is 3.15 bits per heavy atom. The first-order chi connectivity index (χ1) is 6.31. The molecule has 2 rings (SSSR count). The number of hydrogen-bond acceptors (Lipinski definition) is 3. The molecule has 1 heterocycles. The maximum Gasteiger partial charge on any atom is 0.148 e. The summed E-state index contributed by atoms with van der Waals surface area (Å²) in [4.78, 5) is 10.7. The molecule has 66 valence electrons. The van der Waals surface area contributed by atoms with E-state index in [9.17, 15) is 4.79 Å². The van der Waals surface area contributed by atoms with Crippen LogP contribution in [0.3, 0.4) is 0 Å². The van der Waals surface area contributed by atoms with Crippen LogP contribution >= 0.6 is 15.9 Å². The quantitative estimate of drug-likeness (QED) is 0.756. The Morgan fingerprint density at radius 1 is 1.54 bits per heavy atom. The number of hydrogen-bond donors (Lipinski definition) is 1. The maximum absolute atomic E-state index is 10.7. The van der Waals surface area contributed by atoms with Crippen LogP contribution < -0.4 is 5.43 Å². The third-order valence-electron chi connectivity index (χ3n) is 1.94. The monoisotopic (exact) mass is 238 g/mol. The molecule has 0 bridgehead atoms. The second-order valence-corrected chi connectivity index (χ2v) is 3.69. The van der Waals surface area contributed by atoms with E-state index in [2.05, 4.69) is 26.5 Å². The van der Waals surface area contributed by atoms with Gasteiger partial charge < -0.3 is 4.79 Å². The van der Waals surface area contributed by atoms with E-state index in [-0.39, 0.29) is 6.04 Å². The van der Waals surface area contributed by atoms with Crippen molar-refractivity contribution < 1.29 is 4.79 Å². The molecule has 1 aromatic carbocycles. The Bertz CT molecular complexity index is 376. The number of rotatable bonds is 1. The highest BCUT2D eigenvalue weighted by Crippen LogP contribution is 2.22. The van der Waals surface area contributed by atoms with Crippen molar-refractivity contribution in [1.82, 2.24) is 5.43 Å². The highest BCUT2D eigenvalue weighted by molar-refractivity contribution is 9.10. The van der Waals surface area contributed by atoms with Gasteiger partial charge in [-0.15, -0.1) is 0 Å². The molecule has 1 aliphatic rings. The predicted octanol–water partition coefficient (Wildman–Crippen LogP) is 1.63. The van der Waals surface area contributed by atoms with E-state index in [0.717, 1.165) is 21.9 Å². The summed E-state index contributed by atoms with van der Waals surface area (Å²) in [5.74, 6) is 0. The van der Waals surface area contributed by atoms with Gasteiger partial charge in [-0.3, -0.25) is 5.43 Å². The number of carbonyl (C=O) groups is 1. The third-order valence-corrected chi connectivity index (χ3v) is 2.43. The Morgan fingerprint density at radius 2 is 2.38 bits per heavy atom. The Balaban J connectivity index is 2.54. The standard InChI is InChI=1S/C9H7BrN2O/c10-7-2-1-6-4-11-12-9(5-13)8(6)3-7/h1-5,9,12H. The zero-order valence-corrected chi connectivity index (χ0v) is 8.28. The lowest BCUT2D eigenvalue weighted by Crippen LogP contribution is -2.22. The highest BCUT2D eigenvalue weighted by atomic mass is 79.9. The Kier molecular flexibility index (Phi) is 2.14. The molecule has 4 heteroatoms. The molecule has 1 unspecified atom stereocenters. The van der Waals surface area contributed by atoms with Gasteiger partial charge in [-0.1, -0.05) is 22.0 Å². The topological polar surface area (TPSA) is 41.5 Å². The summed E-state index contributed by atoms with van der Waals surface area (Å²) in [6, 6.07) is 5.46. The van der Waals surface area contributed by atoms with Crippen LogP contribution in [-0.4, -0.2) is 12.5 Å². The van der Waals surface area contributed by atoms with Crippen molar-refractivity contribution in [2.75, 3.05) is 0 Å². The summed E-state index contributed by atoms with van der Waals surface area (Å²) in [5.41, 5.74) is 4.68. The molecule has 3 nitrogen and oxygen atoms in total. The summed E-state index contributed by atoms with van der Waals surface area (Å²) in [7, 11) is 0. The van der Waals surface area contributed by atoms with Crippen LogP contribution in [0.4, 0.5) is 0 Å². The fourth-order valence-corrected chi connectivity index (χ4v) is 1.67. The molecule has 1 aromatic rings. The summed E-state index contributed by atoms with van der Waals surface area (Å²) < 4.78 is 0.968. The Hall–Kier alpha value is -1.16. The first kappa shape index (κ1) is 8.44. The van der Waals surface area contributed by atoms with Crippen molar-refractivity contribution in [2.24, 2.45) is 5.10 Å². The van der Waals surface area contributed by atoms with Crippen LogP contribution in [0.15, 0.2) is 27.8 Å². The van der Waals surface area contributed by atoms with Crippen LogP contribution in [0.1, 0.15) is 17.2 Å². The summed E-state index contributed by atoms with van der Waals surface area (Å²) in [5, 5.41) is 3.88.